The van der Waals surface area contributed by atoms with Crippen LogP contribution in [0, 0.1) is 0 Å². The van der Waals surface area contributed by atoms with E-state index in [-0.39, 0.29) is 28.4 Å². The molecular weight excluding hydrogens is 517 g/mol. The molecule has 0 bridgehead atoms. The van der Waals surface area contributed by atoms with Crippen LogP contribution in [0.15, 0.2) is 53.4 Å². The molecule has 2 fully saturated rings. The number of halogens is 3. The molecule has 0 saturated carbocycles. The number of ether oxygens (including phenoxy) is 2. The number of thioether (sulfide) groups is 1. The molecule has 3 atom stereocenters. The number of rotatable bonds is 8. The number of nitrogens with one attached hydrogen (secondary N) is 1. The van der Waals surface area contributed by atoms with Crippen LogP contribution >= 0.6 is 11.8 Å². The van der Waals surface area contributed by atoms with Crippen molar-refractivity contribution in [2.45, 2.75) is 48.0 Å². The smallest absolute Gasteiger partial charge is 0.497 e. The Morgan fingerprint density at radius 1 is 1.11 bits per heavy atom. The highest BCUT2D eigenvalue weighted by Crippen LogP contribution is 2.35. The maximum Gasteiger partial charge on any atom is 0.573 e. The summed E-state index contributed by atoms with van der Waals surface area (Å²) in [6.07, 6.45) is -3.82. The molecule has 2 saturated heterocycles. The van der Waals surface area contributed by atoms with E-state index >= 15 is 0 Å². The lowest BCUT2D eigenvalue weighted by Gasteiger charge is -2.25. The lowest BCUT2D eigenvalue weighted by Crippen LogP contribution is -2.47. The summed E-state index contributed by atoms with van der Waals surface area (Å²) in [7, 11) is -1.54. The van der Waals surface area contributed by atoms with Crippen LogP contribution in [0.4, 0.5) is 13.2 Å². The minimum Gasteiger partial charge on any atom is -0.497 e. The summed E-state index contributed by atoms with van der Waals surface area (Å²) in [5.41, 5.74) is 0.737. The maximum atomic E-state index is 13.2. The first-order valence-electron chi connectivity index (χ1n) is 11.4. The maximum absolute atomic E-state index is 13.2. The van der Waals surface area contributed by atoms with Gasteiger partial charge in [-0.15, -0.1) is 24.9 Å². The molecule has 196 valence electrons. The predicted molar refractivity (Wildman–Crippen MR) is 130 cm³/mol. The zero-order chi connectivity index (χ0) is 25.9. The molecule has 36 heavy (non-hydrogen) atoms. The highest BCUT2D eigenvalue weighted by atomic mass is 32.2. The fourth-order valence-corrected chi connectivity index (χ4v) is 7.37. The molecule has 4 rings (SSSR count). The molecule has 12 heteroatoms. The molecule has 0 spiro atoms. The number of hydrogen-bond acceptors (Lipinski definition) is 7. The van der Waals surface area contributed by atoms with Gasteiger partial charge in [-0.2, -0.15) is 0 Å². The van der Waals surface area contributed by atoms with Crippen molar-refractivity contribution in [3.8, 4) is 11.5 Å². The van der Waals surface area contributed by atoms with E-state index in [1.165, 1.54) is 12.1 Å². The summed E-state index contributed by atoms with van der Waals surface area (Å²) >= 11 is 1.64. The number of carbonyl (C=O) groups excluding carboxylic acids is 1. The highest BCUT2D eigenvalue weighted by Gasteiger charge is 2.39. The Kier molecular flexibility index (Phi) is 8.06. The Bertz CT molecular complexity index is 1160. The second-order valence-electron chi connectivity index (χ2n) is 8.90. The lowest BCUT2D eigenvalue weighted by molar-refractivity contribution is -0.274. The van der Waals surface area contributed by atoms with Crippen LogP contribution in [0.3, 0.4) is 0 Å². The molecule has 7 nitrogen and oxygen atoms in total. The third-order valence-corrected chi connectivity index (χ3v) is 9.14. The third kappa shape index (κ3) is 7.30. The van der Waals surface area contributed by atoms with Gasteiger partial charge in [-0.25, -0.2) is 8.42 Å². The number of benzene rings is 2. The molecule has 2 heterocycles. The van der Waals surface area contributed by atoms with E-state index in [9.17, 15) is 26.4 Å². The summed E-state index contributed by atoms with van der Waals surface area (Å²) in [5, 5.41) is 2.99. The average Bonchev–Trinajstić information content (AvgIpc) is 3.36. The van der Waals surface area contributed by atoms with E-state index in [1.807, 2.05) is 29.2 Å². The van der Waals surface area contributed by atoms with Crippen molar-refractivity contribution in [1.29, 1.82) is 0 Å². The van der Waals surface area contributed by atoms with E-state index in [2.05, 4.69) is 10.1 Å². The number of likely N-dealkylation sites (tertiary alicyclic amines) is 1. The standard InChI is InChI=1S/C24H27F3N2O5S2/c1-33-18-6-8-20(9-7-18)35-21-12-22(23(30)28-17-10-11-36(31,32)15-17)29(14-21)13-16-2-4-19(5-3-16)34-24(25,26)27/h2-9,17,21-22H,10-15H2,1H3,(H,28,30)/t17?,21-,22+/m1/s1. The molecule has 1 amide bonds. The topological polar surface area (TPSA) is 84.9 Å². The zero-order valence-corrected chi connectivity index (χ0v) is 21.2. The second-order valence-corrected chi connectivity index (χ2v) is 12.5. The molecule has 2 aromatic rings. The van der Waals surface area contributed by atoms with E-state index in [0.717, 1.165) is 16.2 Å². The van der Waals surface area contributed by atoms with Crippen LogP contribution in [0.25, 0.3) is 0 Å². The Morgan fingerprint density at radius 2 is 1.78 bits per heavy atom. The third-order valence-electron chi connectivity index (χ3n) is 6.15. The monoisotopic (exact) mass is 544 g/mol. The largest absolute Gasteiger partial charge is 0.573 e. The number of alkyl halides is 3. The van der Waals surface area contributed by atoms with Crippen LogP contribution in [-0.4, -0.2) is 68.1 Å². The number of methoxy groups -OCH3 is 1. The molecule has 2 aliphatic rings. The van der Waals surface area contributed by atoms with Gasteiger partial charge in [-0.3, -0.25) is 9.69 Å². The first-order valence-corrected chi connectivity index (χ1v) is 14.1. The van der Waals surface area contributed by atoms with Gasteiger partial charge in [0, 0.05) is 29.3 Å². The Hall–Kier alpha value is -2.44. The van der Waals surface area contributed by atoms with E-state index in [1.54, 1.807) is 31.0 Å². The van der Waals surface area contributed by atoms with E-state index in [0.29, 0.717) is 25.9 Å². The molecule has 1 unspecified atom stereocenters. The van der Waals surface area contributed by atoms with Crippen molar-refractivity contribution in [1.82, 2.24) is 10.2 Å². The van der Waals surface area contributed by atoms with Crippen LogP contribution in [0.1, 0.15) is 18.4 Å². The van der Waals surface area contributed by atoms with E-state index < -0.39 is 28.3 Å². The molecule has 0 aliphatic carbocycles. The summed E-state index contributed by atoms with van der Waals surface area (Å²) in [6.45, 7) is 0.936. The SMILES string of the molecule is COc1ccc(S[C@@H]2C[C@@H](C(=O)NC3CCS(=O)(=O)C3)N(Cc3ccc(OC(F)(F)F)cc3)C2)cc1. The van der Waals surface area contributed by atoms with Crippen molar-refractivity contribution in [3.63, 3.8) is 0 Å². The Labute approximate surface area is 212 Å². The van der Waals surface area contributed by atoms with E-state index in [4.69, 9.17) is 4.74 Å². The van der Waals surface area contributed by atoms with Crippen molar-refractivity contribution >= 4 is 27.5 Å². The molecular formula is C24H27F3N2O5S2. The summed E-state index contributed by atoms with van der Waals surface area (Å²) < 4.78 is 70.2. The van der Waals surface area contributed by atoms with Gasteiger partial charge in [0.1, 0.15) is 11.5 Å². The van der Waals surface area contributed by atoms with Crippen molar-refractivity contribution < 1.29 is 35.9 Å². The van der Waals surface area contributed by atoms with Crippen LogP contribution in [-0.2, 0) is 21.2 Å². The van der Waals surface area contributed by atoms with Crippen LogP contribution in [0.2, 0.25) is 0 Å². The van der Waals surface area contributed by atoms with Crippen molar-refractivity contribution in [2.24, 2.45) is 0 Å². The highest BCUT2D eigenvalue weighted by molar-refractivity contribution is 8.00. The van der Waals surface area contributed by atoms with Crippen molar-refractivity contribution in [3.05, 3.63) is 54.1 Å². The summed E-state index contributed by atoms with van der Waals surface area (Å²) in [5.74, 6) is 0.212. The predicted octanol–water partition coefficient (Wildman–Crippen LogP) is 3.63. The molecule has 2 aromatic carbocycles. The van der Waals surface area contributed by atoms with Gasteiger partial charge in [0.15, 0.2) is 9.84 Å². The van der Waals surface area contributed by atoms with Gasteiger partial charge in [-0.1, -0.05) is 12.1 Å². The fourth-order valence-electron chi connectivity index (χ4n) is 4.48. The first kappa shape index (κ1) is 26.6. The van der Waals surface area contributed by atoms with Gasteiger partial charge in [0.2, 0.25) is 5.91 Å². The van der Waals surface area contributed by atoms with Gasteiger partial charge >= 0.3 is 6.36 Å². The van der Waals surface area contributed by atoms with Crippen molar-refractivity contribution in [2.75, 3.05) is 25.2 Å². The number of hydrogen-bond donors (Lipinski definition) is 1. The average molecular weight is 545 g/mol. The first-order chi connectivity index (χ1) is 17.0. The zero-order valence-electron chi connectivity index (χ0n) is 19.5. The molecule has 0 aromatic heterocycles. The second kappa shape index (κ2) is 10.9. The summed E-state index contributed by atoms with van der Waals surface area (Å²) in [4.78, 5) is 16.2. The van der Waals surface area contributed by atoms with Crippen LogP contribution in [0.5, 0.6) is 11.5 Å². The number of nitrogens with zero attached hydrogens (tertiary/aromatic N) is 1. The molecule has 1 N–H and O–H groups in total. The number of amides is 1. The van der Waals surface area contributed by atoms with Gasteiger partial charge in [0.25, 0.3) is 0 Å². The summed E-state index contributed by atoms with van der Waals surface area (Å²) in [6, 6.07) is 12.3. The molecule has 2 aliphatic heterocycles. The van der Waals surface area contributed by atoms with Gasteiger partial charge in [-0.05, 0) is 54.8 Å². The minimum absolute atomic E-state index is 0.0594. The Balaban J connectivity index is 1.46. The quantitative estimate of drug-likeness (QED) is 0.543. The minimum atomic E-state index is -4.76. The van der Waals surface area contributed by atoms with Gasteiger partial charge in [0.05, 0.1) is 24.7 Å². The van der Waals surface area contributed by atoms with Crippen LogP contribution < -0.4 is 14.8 Å². The van der Waals surface area contributed by atoms with Gasteiger partial charge < -0.3 is 14.8 Å². The normalized spacial score (nSPS) is 23.9. The lowest BCUT2D eigenvalue weighted by atomic mass is 10.1. The fraction of sp³-hybridized carbons (Fsp3) is 0.458. The molecule has 0 radical (unpaired) electrons. The Morgan fingerprint density at radius 3 is 2.36 bits per heavy atom. The number of carbonyl (C=O) groups is 1. The number of sulfone groups is 1.